The maximum Gasteiger partial charge on any atom is 0.415 e. The first kappa shape index (κ1) is 30.4. The molecule has 1 amide bonds. The fraction of sp³-hybridized carbons (Fsp3) is 0.333. The van der Waals surface area contributed by atoms with Gasteiger partial charge in [0.15, 0.2) is 6.10 Å². The van der Waals surface area contributed by atoms with Crippen molar-refractivity contribution < 1.29 is 42.4 Å². The number of aliphatic carboxylic acids is 1. The van der Waals surface area contributed by atoms with E-state index in [-0.39, 0.29) is 31.1 Å². The molecule has 3 aromatic rings. The molecule has 0 heterocycles. The van der Waals surface area contributed by atoms with Gasteiger partial charge in [0, 0.05) is 25.6 Å². The molecule has 1 unspecified atom stereocenters. The van der Waals surface area contributed by atoms with E-state index in [0.717, 1.165) is 11.6 Å². The van der Waals surface area contributed by atoms with E-state index < -0.39 is 24.0 Å². The van der Waals surface area contributed by atoms with Crippen molar-refractivity contribution in [1.29, 1.82) is 0 Å². The van der Waals surface area contributed by atoms with E-state index in [1.54, 1.807) is 43.3 Å². The van der Waals surface area contributed by atoms with Gasteiger partial charge in [0.1, 0.15) is 35.5 Å². The second-order valence-electron chi connectivity index (χ2n) is 8.80. The first-order valence-corrected chi connectivity index (χ1v) is 13.0. The Morgan fingerprint density at radius 1 is 0.825 bits per heavy atom. The fourth-order valence-corrected chi connectivity index (χ4v) is 3.74. The largest absolute Gasteiger partial charge is 0.494 e. The zero-order chi connectivity index (χ0) is 28.7. The Balaban J connectivity index is 1.51. The average molecular weight is 558 g/mol. The molecule has 8 nitrogen and oxygen atoms in total. The van der Waals surface area contributed by atoms with Crippen LogP contribution in [0.25, 0.3) is 0 Å². The van der Waals surface area contributed by atoms with Crippen LogP contribution in [-0.4, -0.2) is 61.1 Å². The molecule has 0 aliphatic carbocycles. The number of benzene rings is 3. The molecule has 214 valence electrons. The first-order valence-electron chi connectivity index (χ1n) is 13.0. The molecule has 0 bridgehead atoms. The zero-order valence-corrected chi connectivity index (χ0v) is 22.3. The lowest BCUT2D eigenvalue weighted by molar-refractivity contribution is -0.149. The summed E-state index contributed by atoms with van der Waals surface area (Å²) in [7, 11) is 0. The molecule has 40 heavy (non-hydrogen) atoms. The second-order valence-corrected chi connectivity index (χ2v) is 8.80. The Labute approximate surface area is 232 Å². The highest BCUT2D eigenvalue weighted by Gasteiger charge is 2.18. The highest BCUT2D eigenvalue weighted by molar-refractivity contribution is 5.72. The van der Waals surface area contributed by atoms with Crippen LogP contribution in [0, 0.1) is 11.6 Å². The number of ether oxygens (including phenoxy) is 4. The first-order chi connectivity index (χ1) is 19.3. The Morgan fingerprint density at radius 3 is 2.15 bits per heavy atom. The summed E-state index contributed by atoms with van der Waals surface area (Å²) in [5.74, 6) is -0.672. The van der Waals surface area contributed by atoms with E-state index in [9.17, 15) is 23.5 Å². The molecule has 3 rings (SSSR count). The molecule has 10 heteroatoms. The Bertz CT molecular complexity index is 1210. The van der Waals surface area contributed by atoms with Crippen molar-refractivity contribution in [3.05, 3.63) is 90.0 Å². The number of hydrogen-bond donors (Lipinski definition) is 1. The van der Waals surface area contributed by atoms with E-state index in [0.29, 0.717) is 44.1 Å². The van der Waals surface area contributed by atoms with Crippen molar-refractivity contribution in [2.75, 3.05) is 32.9 Å². The van der Waals surface area contributed by atoms with E-state index in [4.69, 9.17) is 18.9 Å². The molecule has 0 saturated carbocycles. The van der Waals surface area contributed by atoms with Gasteiger partial charge >= 0.3 is 12.1 Å². The number of carbonyl (C=O) groups excluding carboxylic acids is 1. The summed E-state index contributed by atoms with van der Waals surface area (Å²) >= 11 is 0. The fourth-order valence-electron chi connectivity index (χ4n) is 3.74. The van der Waals surface area contributed by atoms with E-state index in [1.807, 2.05) is 0 Å². The van der Waals surface area contributed by atoms with Crippen LogP contribution in [0.2, 0.25) is 0 Å². The van der Waals surface area contributed by atoms with Crippen molar-refractivity contribution in [3.8, 4) is 17.2 Å². The maximum absolute atomic E-state index is 13.5. The van der Waals surface area contributed by atoms with Crippen molar-refractivity contribution in [1.82, 2.24) is 4.90 Å². The summed E-state index contributed by atoms with van der Waals surface area (Å²) < 4.78 is 48.6. The minimum absolute atomic E-state index is 0.0952. The molecule has 0 aliphatic heterocycles. The van der Waals surface area contributed by atoms with Crippen molar-refractivity contribution in [2.24, 2.45) is 0 Å². The average Bonchev–Trinajstić information content (AvgIpc) is 2.93. The van der Waals surface area contributed by atoms with Gasteiger partial charge in [-0.2, -0.15) is 0 Å². The lowest BCUT2D eigenvalue weighted by Gasteiger charge is -2.22. The van der Waals surface area contributed by atoms with E-state index >= 15 is 0 Å². The molecule has 0 aromatic heterocycles. The maximum atomic E-state index is 13.5. The predicted octanol–water partition coefficient (Wildman–Crippen LogP) is 5.74. The van der Waals surface area contributed by atoms with Gasteiger partial charge in [0.05, 0.1) is 13.2 Å². The Morgan fingerprint density at radius 2 is 1.50 bits per heavy atom. The van der Waals surface area contributed by atoms with Crippen LogP contribution in [-0.2, 0) is 16.0 Å². The van der Waals surface area contributed by atoms with Crippen molar-refractivity contribution in [3.63, 3.8) is 0 Å². The van der Waals surface area contributed by atoms with Gasteiger partial charge in [0.25, 0.3) is 0 Å². The van der Waals surface area contributed by atoms with Crippen LogP contribution in [0.5, 0.6) is 17.2 Å². The van der Waals surface area contributed by atoms with Gasteiger partial charge in [0.2, 0.25) is 0 Å². The Kier molecular flexibility index (Phi) is 12.2. The highest BCUT2D eigenvalue weighted by atomic mass is 19.1. The molecule has 0 spiro atoms. The molecule has 0 fully saturated rings. The normalized spacial score (nSPS) is 11.5. The summed E-state index contributed by atoms with van der Waals surface area (Å²) in [4.78, 5) is 25.6. The lowest BCUT2D eigenvalue weighted by atomic mass is 10.1. The highest BCUT2D eigenvalue weighted by Crippen LogP contribution is 2.17. The second kappa shape index (κ2) is 16.0. The standard InChI is InChI=1S/C30H33F2NO7/c1-2-37-28(29(34)35)20-22-8-12-25(13-9-22)39-19-17-33(30(36)40-27-7-5-6-24(32)21-27)16-3-4-18-38-26-14-10-23(31)11-15-26/h5-15,21,28H,2-4,16-20H2,1H3,(H,34,35). The summed E-state index contributed by atoms with van der Waals surface area (Å²) in [5, 5.41) is 9.26. The van der Waals surface area contributed by atoms with E-state index in [2.05, 4.69) is 0 Å². The van der Waals surface area contributed by atoms with Gasteiger partial charge in [-0.25, -0.2) is 18.4 Å². The zero-order valence-electron chi connectivity index (χ0n) is 22.3. The summed E-state index contributed by atoms with van der Waals surface area (Å²) in [6, 6.07) is 18.0. The van der Waals surface area contributed by atoms with Crippen LogP contribution in [0.3, 0.4) is 0 Å². The molecule has 3 aromatic carbocycles. The molecule has 0 radical (unpaired) electrons. The van der Waals surface area contributed by atoms with Crippen LogP contribution >= 0.6 is 0 Å². The molecule has 1 atom stereocenters. The van der Waals surface area contributed by atoms with Crippen LogP contribution < -0.4 is 14.2 Å². The Hall–Kier alpha value is -4.18. The molecular formula is C30H33F2NO7. The number of carboxylic acids is 1. The number of amides is 1. The SMILES string of the molecule is CCOC(Cc1ccc(OCCN(CCCCOc2ccc(F)cc2)C(=O)Oc2cccc(F)c2)cc1)C(=O)O. The van der Waals surface area contributed by atoms with Crippen molar-refractivity contribution in [2.45, 2.75) is 32.3 Å². The number of unbranched alkanes of at least 4 members (excludes halogenated alkanes) is 1. The van der Waals surface area contributed by atoms with Gasteiger partial charge < -0.3 is 29.0 Å². The summed E-state index contributed by atoms with van der Waals surface area (Å²) in [6.07, 6.45) is -0.106. The quantitative estimate of drug-likeness (QED) is 0.225. The van der Waals surface area contributed by atoms with Crippen LogP contribution in [0.15, 0.2) is 72.8 Å². The van der Waals surface area contributed by atoms with Gasteiger partial charge in [-0.1, -0.05) is 18.2 Å². The number of halogens is 2. The van der Waals surface area contributed by atoms with Crippen LogP contribution in [0.4, 0.5) is 13.6 Å². The summed E-state index contributed by atoms with van der Waals surface area (Å²) in [5.41, 5.74) is 0.788. The minimum atomic E-state index is -1.02. The number of carboxylic acid groups (broad SMARTS) is 1. The number of nitrogens with zero attached hydrogens (tertiary/aromatic N) is 1. The monoisotopic (exact) mass is 557 g/mol. The molecule has 0 saturated heterocycles. The van der Waals surface area contributed by atoms with Gasteiger partial charge in [-0.3, -0.25) is 0 Å². The summed E-state index contributed by atoms with van der Waals surface area (Å²) in [6.45, 7) is 3.15. The topological polar surface area (TPSA) is 94.5 Å². The number of rotatable bonds is 16. The third-order valence-electron chi connectivity index (χ3n) is 5.78. The third-order valence-corrected chi connectivity index (χ3v) is 5.78. The minimum Gasteiger partial charge on any atom is -0.494 e. The molecular weight excluding hydrogens is 524 g/mol. The van der Waals surface area contributed by atoms with Crippen molar-refractivity contribution >= 4 is 12.1 Å². The number of carbonyl (C=O) groups is 2. The molecule has 1 N–H and O–H groups in total. The van der Waals surface area contributed by atoms with Gasteiger partial charge in [-0.05, 0) is 73.9 Å². The molecule has 0 aliphatic rings. The third kappa shape index (κ3) is 10.5. The van der Waals surface area contributed by atoms with Crippen LogP contribution in [0.1, 0.15) is 25.3 Å². The predicted molar refractivity (Wildman–Crippen MR) is 144 cm³/mol. The van der Waals surface area contributed by atoms with E-state index in [1.165, 1.54) is 35.2 Å². The number of hydrogen-bond acceptors (Lipinski definition) is 6. The smallest absolute Gasteiger partial charge is 0.415 e. The van der Waals surface area contributed by atoms with Gasteiger partial charge in [-0.15, -0.1) is 0 Å². The lowest BCUT2D eigenvalue weighted by Crippen LogP contribution is -2.37.